The highest BCUT2D eigenvalue weighted by Crippen LogP contribution is 2.23. The van der Waals surface area contributed by atoms with Crippen molar-refractivity contribution in [1.29, 1.82) is 0 Å². The third-order valence-electron chi connectivity index (χ3n) is 2.93. The quantitative estimate of drug-likeness (QED) is 0.924. The number of benzene rings is 1. The molecule has 1 unspecified atom stereocenters. The van der Waals surface area contributed by atoms with E-state index in [1.807, 2.05) is 0 Å². The summed E-state index contributed by atoms with van der Waals surface area (Å²) in [7, 11) is 0. The summed E-state index contributed by atoms with van der Waals surface area (Å²) < 4.78 is 18.9. The lowest BCUT2D eigenvalue weighted by atomic mass is 10.1. The minimum absolute atomic E-state index is 0.169. The second-order valence-electron chi connectivity index (χ2n) is 4.11. The zero-order valence-corrected chi connectivity index (χ0v) is 11.2. The fraction of sp³-hybridized carbons (Fsp3) is 0.417. The number of hydrogen-bond acceptors (Lipinski definition) is 3. The highest BCUT2D eigenvalue weighted by Gasteiger charge is 2.29. The number of aliphatic carboxylic acids is 1. The van der Waals surface area contributed by atoms with Crippen molar-refractivity contribution in [3.63, 3.8) is 0 Å². The van der Waals surface area contributed by atoms with Gasteiger partial charge in [-0.25, -0.2) is 4.39 Å². The molecule has 98 valence electrons. The molecule has 1 aromatic carbocycles. The molecule has 1 heterocycles. The van der Waals surface area contributed by atoms with Crippen LogP contribution in [0.4, 0.5) is 4.39 Å². The van der Waals surface area contributed by atoms with Crippen LogP contribution in [0.1, 0.15) is 5.56 Å². The molecule has 1 aliphatic rings. The number of carboxylic acid groups (broad SMARTS) is 1. The molecule has 1 atom stereocenters. The van der Waals surface area contributed by atoms with Gasteiger partial charge in [-0.3, -0.25) is 9.69 Å². The molecule has 1 aromatic rings. The van der Waals surface area contributed by atoms with Gasteiger partial charge in [-0.2, -0.15) is 0 Å². The van der Waals surface area contributed by atoms with Gasteiger partial charge in [0.1, 0.15) is 11.9 Å². The van der Waals surface area contributed by atoms with Crippen LogP contribution in [0.25, 0.3) is 0 Å². The van der Waals surface area contributed by atoms with Gasteiger partial charge in [0, 0.05) is 13.1 Å². The molecule has 1 aliphatic heterocycles. The summed E-state index contributed by atoms with van der Waals surface area (Å²) in [6.07, 6.45) is 0. The molecule has 0 aromatic heterocycles. The Balaban J connectivity index is 2.16. The fourth-order valence-electron chi connectivity index (χ4n) is 1.94. The number of nitrogens with zero attached hydrogens (tertiary/aromatic N) is 1. The molecule has 18 heavy (non-hydrogen) atoms. The molecule has 2 rings (SSSR count). The van der Waals surface area contributed by atoms with Gasteiger partial charge in [-0.05, 0) is 27.6 Å². The Hall–Kier alpha value is -0.980. The van der Waals surface area contributed by atoms with Crippen molar-refractivity contribution in [2.45, 2.75) is 12.6 Å². The zero-order chi connectivity index (χ0) is 13.1. The Kier molecular flexibility index (Phi) is 4.31. The van der Waals surface area contributed by atoms with Gasteiger partial charge < -0.3 is 9.84 Å². The van der Waals surface area contributed by atoms with Gasteiger partial charge in [-0.1, -0.05) is 12.1 Å². The average Bonchev–Trinajstić information content (AvgIpc) is 2.35. The van der Waals surface area contributed by atoms with Gasteiger partial charge >= 0.3 is 5.97 Å². The number of morpholine rings is 1. The van der Waals surface area contributed by atoms with E-state index in [0.717, 1.165) is 5.56 Å². The Bertz CT molecular complexity index is 455. The van der Waals surface area contributed by atoms with E-state index >= 15 is 0 Å². The molecule has 0 bridgehead atoms. The number of halogens is 2. The van der Waals surface area contributed by atoms with Crippen LogP contribution in [0.5, 0.6) is 0 Å². The van der Waals surface area contributed by atoms with E-state index in [9.17, 15) is 9.18 Å². The van der Waals surface area contributed by atoms with Crippen molar-refractivity contribution < 1.29 is 19.0 Å². The minimum Gasteiger partial charge on any atom is -0.480 e. The molecule has 1 N–H and O–H groups in total. The largest absolute Gasteiger partial charge is 0.480 e. The maximum Gasteiger partial charge on any atom is 0.323 e. The van der Waals surface area contributed by atoms with E-state index in [0.29, 0.717) is 24.2 Å². The molecule has 0 saturated carbocycles. The Morgan fingerprint density at radius 3 is 3.11 bits per heavy atom. The predicted molar refractivity (Wildman–Crippen MR) is 66.8 cm³/mol. The number of carbonyl (C=O) groups is 1. The van der Waals surface area contributed by atoms with Crippen molar-refractivity contribution >= 4 is 21.9 Å². The van der Waals surface area contributed by atoms with Gasteiger partial charge in [0.2, 0.25) is 0 Å². The number of hydrogen-bond donors (Lipinski definition) is 1. The third kappa shape index (κ3) is 2.88. The first-order chi connectivity index (χ1) is 8.59. The molecule has 0 spiro atoms. The van der Waals surface area contributed by atoms with E-state index < -0.39 is 12.0 Å². The summed E-state index contributed by atoms with van der Waals surface area (Å²) in [5, 5.41) is 9.10. The lowest BCUT2D eigenvalue weighted by molar-refractivity contribution is -0.150. The van der Waals surface area contributed by atoms with Gasteiger partial charge in [-0.15, -0.1) is 0 Å². The van der Waals surface area contributed by atoms with E-state index in [4.69, 9.17) is 9.84 Å². The minimum atomic E-state index is -0.915. The molecule has 0 radical (unpaired) electrons. The first-order valence-electron chi connectivity index (χ1n) is 5.57. The standard InChI is InChI=1S/C12H13BrFNO3/c13-11-8(2-1-3-9(11)14)6-15-4-5-18-7-10(15)12(16)17/h1-3,10H,4-7H2,(H,16,17). The summed E-state index contributed by atoms with van der Waals surface area (Å²) in [5.41, 5.74) is 0.739. The monoisotopic (exact) mass is 317 g/mol. The summed E-state index contributed by atoms with van der Waals surface area (Å²) in [6.45, 7) is 1.58. The topological polar surface area (TPSA) is 49.8 Å². The highest BCUT2D eigenvalue weighted by atomic mass is 79.9. The third-order valence-corrected chi connectivity index (χ3v) is 3.82. The van der Waals surface area contributed by atoms with Crippen LogP contribution in [-0.2, 0) is 16.1 Å². The number of rotatable bonds is 3. The molecule has 0 amide bonds. The number of ether oxygens (including phenoxy) is 1. The second-order valence-corrected chi connectivity index (χ2v) is 4.91. The van der Waals surface area contributed by atoms with E-state index in [1.165, 1.54) is 6.07 Å². The second kappa shape index (κ2) is 5.77. The van der Waals surface area contributed by atoms with Crippen LogP contribution >= 0.6 is 15.9 Å². The maximum absolute atomic E-state index is 13.4. The maximum atomic E-state index is 13.4. The summed E-state index contributed by atoms with van der Waals surface area (Å²) >= 11 is 3.18. The van der Waals surface area contributed by atoms with Crippen LogP contribution in [0.15, 0.2) is 22.7 Å². The van der Waals surface area contributed by atoms with Crippen molar-refractivity contribution in [3.8, 4) is 0 Å². The summed E-state index contributed by atoms with van der Waals surface area (Å²) in [5.74, 6) is -1.25. The van der Waals surface area contributed by atoms with Crippen molar-refractivity contribution in [2.75, 3.05) is 19.8 Å². The van der Waals surface area contributed by atoms with Crippen molar-refractivity contribution in [1.82, 2.24) is 4.90 Å². The summed E-state index contributed by atoms with van der Waals surface area (Å²) in [6, 6.07) is 4.09. The number of carboxylic acids is 1. The van der Waals surface area contributed by atoms with E-state index in [2.05, 4.69) is 15.9 Å². The predicted octanol–water partition coefficient (Wildman–Crippen LogP) is 1.87. The molecule has 6 heteroatoms. The van der Waals surface area contributed by atoms with Crippen LogP contribution in [0.2, 0.25) is 0 Å². The molecule has 4 nitrogen and oxygen atoms in total. The normalized spacial score (nSPS) is 20.9. The molecular weight excluding hydrogens is 305 g/mol. The van der Waals surface area contributed by atoms with Crippen molar-refractivity contribution in [2.24, 2.45) is 0 Å². The summed E-state index contributed by atoms with van der Waals surface area (Å²) in [4.78, 5) is 12.9. The smallest absolute Gasteiger partial charge is 0.323 e. The highest BCUT2D eigenvalue weighted by molar-refractivity contribution is 9.10. The lowest BCUT2D eigenvalue weighted by Gasteiger charge is -2.32. The van der Waals surface area contributed by atoms with Gasteiger partial charge in [0.05, 0.1) is 17.7 Å². The fourth-order valence-corrected chi connectivity index (χ4v) is 2.33. The zero-order valence-electron chi connectivity index (χ0n) is 9.60. The van der Waals surface area contributed by atoms with E-state index in [1.54, 1.807) is 17.0 Å². The van der Waals surface area contributed by atoms with Crippen molar-refractivity contribution in [3.05, 3.63) is 34.1 Å². The molecule has 0 aliphatic carbocycles. The van der Waals surface area contributed by atoms with Gasteiger partial charge in [0.25, 0.3) is 0 Å². The Morgan fingerprint density at radius 2 is 2.39 bits per heavy atom. The SMILES string of the molecule is O=C(O)C1COCCN1Cc1cccc(F)c1Br. The first kappa shape index (κ1) is 13.5. The van der Waals surface area contributed by atoms with Crippen LogP contribution in [-0.4, -0.2) is 41.8 Å². The van der Waals surface area contributed by atoms with Crippen LogP contribution < -0.4 is 0 Å². The molecule has 1 saturated heterocycles. The van der Waals surface area contributed by atoms with E-state index in [-0.39, 0.29) is 12.4 Å². The van der Waals surface area contributed by atoms with Crippen LogP contribution in [0.3, 0.4) is 0 Å². The molecular formula is C12H13BrFNO3. The lowest BCUT2D eigenvalue weighted by Crippen LogP contribution is -2.49. The first-order valence-corrected chi connectivity index (χ1v) is 6.36. The van der Waals surface area contributed by atoms with Gasteiger partial charge in [0.15, 0.2) is 0 Å². The van der Waals surface area contributed by atoms with Crippen LogP contribution in [0, 0.1) is 5.82 Å². The average molecular weight is 318 g/mol. The Morgan fingerprint density at radius 1 is 1.61 bits per heavy atom. The Labute approximate surface area is 112 Å². The molecule has 1 fully saturated rings.